The van der Waals surface area contributed by atoms with Gasteiger partial charge in [0, 0.05) is 75.2 Å². The van der Waals surface area contributed by atoms with Gasteiger partial charge in [0.15, 0.2) is 51.2 Å². The first-order valence-corrected chi connectivity index (χ1v) is 43.6. The van der Waals surface area contributed by atoms with Crippen LogP contribution in [0.4, 0.5) is 11.6 Å². The lowest BCUT2D eigenvalue weighted by molar-refractivity contribution is -0.170. The highest BCUT2D eigenvalue weighted by Crippen LogP contribution is 2.63. The number of thioether (sulfide) groups is 2. The van der Waals surface area contributed by atoms with Crippen molar-refractivity contribution in [1.29, 1.82) is 0 Å². The van der Waals surface area contributed by atoms with E-state index in [0.29, 0.717) is 11.5 Å². The number of aliphatic hydroxyl groups excluding tert-OH is 4. The fraction of sp³-hybridized carbons (Fsp3) is 0.660. The third kappa shape index (κ3) is 32.0. The zero-order chi connectivity index (χ0) is 86.7. The zero-order valence-corrected chi connectivity index (χ0v) is 68.1. The molecule has 0 aliphatic carbocycles. The molecule has 2 fully saturated rings. The van der Waals surface area contributed by atoms with E-state index in [4.69, 9.17) is 49.2 Å². The minimum Gasteiger partial charge on any atom is -0.481 e. The van der Waals surface area contributed by atoms with Crippen LogP contribution in [0.2, 0.25) is 0 Å². The molecule has 114 heavy (non-hydrogen) atoms. The molecule has 7 unspecified atom stereocenters. The molecule has 2 aliphatic rings. The summed E-state index contributed by atoms with van der Waals surface area (Å²) in [6.45, 7) is 6.71. The van der Waals surface area contributed by atoms with Gasteiger partial charge in [-0.25, -0.2) is 62.1 Å². The summed E-state index contributed by atoms with van der Waals surface area (Å²) in [4.78, 5) is 193. The van der Waals surface area contributed by atoms with Crippen molar-refractivity contribution in [2.24, 2.45) is 16.7 Å². The molecule has 6 rings (SSSR count). The predicted octanol–water partition coefficient (Wildman–Crippen LogP) is -2.70. The van der Waals surface area contributed by atoms with Crippen molar-refractivity contribution < 1.29 is 186 Å². The van der Waals surface area contributed by atoms with E-state index in [1.54, 1.807) is 0 Å². The average molecular weight is 1800 g/mol. The Morgan fingerprint density at radius 1 is 0.553 bits per heavy atom. The van der Waals surface area contributed by atoms with E-state index in [0.717, 1.165) is 58.0 Å². The molecule has 646 valence electrons. The van der Waals surface area contributed by atoms with E-state index < -0.39 is 199 Å². The number of nitrogen functional groups attached to an aromatic ring is 2. The number of anilines is 2. The Morgan fingerprint density at radius 3 is 1.19 bits per heavy atom. The van der Waals surface area contributed by atoms with Crippen molar-refractivity contribution in [2.75, 3.05) is 75.6 Å². The molecule has 61 heteroatoms. The molecule has 53 nitrogen and oxygen atoms in total. The first-order chi connectivity index (χ1) is 52.3. The van der Waals surface area contributed by atoms with Crippen LogP contribution >= 0.6 is 70.5 Å². The number of imidazole rings is 2. The summed E-state index contributed by atoms with van der Waals surface area (Å²) in [5, 5.41) is 78.3. The molecular weight excluding hydrogens is 1710 g/mol. The number of nitrogens with zero attached hydrogens (tertiary/aromatic N) is 8. The fourth-order valence-electron chi connectivity index (χ4n) is 9.41. The van der Waals surface area contributed by atoms with Crippen LogP contribution in [0.25, 0.3) is 22.3 Å². The minimum absolute atomic E-state index is 0.0310. The van der Waals surface area contributed by atoms with Crippen LogP contribution in [0, 0.1) is 16.7 Å². The number of nitrogens with one attached hydrogen (secondary N) is 4. The van der Waals surface area contributed by atoms with E-state index in [2.05, 4.69) is 68.8 Å². The van der Waals surface area contributed by atoms with Gasteiger partial charge in [-0.1, -0.05) is 65.1 Å². The van der Waals surface area contributed by atoms with Gasteiger partial charge in [0.1, 0.15) is 72.5 Å². The van der Waals surface area contributed by atoms with Crippen LogP contribution in [-0.4, -0.2) is 278 Å². The summed E-state index contributed by atoms with van der Waals surface area (Å²) >= 11 is 2.05. The number of rotatable bonds is 42. The van der Waals surface area contributed by atoms with Gasteiger partial charge in [-0.3, -0.25) is 69.8 Å². The molecule has 2 saturated heterocycles. The van der Waals surface area contributed by atoms with Crippen molar-refractivity contribution in [3.8, 4) is 0 Å². The van der Waals surface area contributed by atoms with Gasteiger partial charge in [0.2, 0.25) is 23.6 Å². The number of nitrogens with two attached hydrogens (primary N) is 2. The van der Waals surface area contributed by atoms with Gasteiger partial charge < -0.3 is 117 Å². The molecular formula is C53H88N14O39P6S2. The Hall–Kier alpha value is -5.98. The highest BCUT2D eigenvalue weighted by molar-refractivity contribution is 8.13. The van der Waals surface area contributed by atoms with Crippen LogP contribution in [0.15, 0.2) is 25.3 Å². The number of carboxylic acids is 2. The molecule has 6 heterocycles. The smallest absolute Gasteiger partial charge is 0.481 e. The van der Waals surface area contributed by atoms with E-state index in [1.165, 1.54) is 55.4 Å². The van der Waals surface area contributed by atoms with E-state index in [1.807, 2.05) is 0 Å². The number of phosphoric acid groups is 6. The van der Waals surface area contributed by atoms with Gasteiger partial charge in [0.05, 0.1) is 45.5 Å². The fourth-order valence-corrected chi connectivity index (χ4v) is 16.0. The number of carbonyl (C=O) groups excluding carboxylic acids is 6. The predicted molar refractivity (Wildman–Crippen MR) is 385 cm³/mol. The van der Waals surface area contributed by atoms with Crippen LogP contribution in [0.3, 0.4) is 0 Å². The maximum atomic E-state index is 12.6. The van der Waals surface area contributed by atoms with Crippen LogP contribution < -0.4 is 32.7 Å². The number of phosphoric ester groups is 6. The molecule has 15 atom stereocenters. The van der Waals surface area contributed by atoms with Crippen molar-refractivity contribution >= 4 is 150 Å². The third-order valence-corrected chi connectivity index (χ3v) is 23.2. The lowest BCUT2D eigenvalue weighted by atomic mass is 9.87. The number of amides is 4. The van der Waals surface area contributed by atoms with Crippen LogP contribution in [0.5, 0.6) is 0 Å². The van der Waals surface area contributed by atoms with E-state index in [9.17, 15) is 130 Å². The first kappa shape index (κ1) is 100. The molecule has 2 aliphatic heterocycles. The third-order valence-electron chi connectivity index (χ3n) is 15.4. The number of aromatic nitrogens is 8. The van der Waals surface area contributed by atoms with Crippen molar-refractivity contribution in [3.05, 3.63) is 25.3 Å². The lowest BCUT2D eigenvalue weighted by Gasteiger charge is -2.30. The molecule has 0 radical (unpaired) electrons. The summed E-state index contributed by atoms with van der Waals surface area (Å²) < 4.78 is 124. The van der Waals surface area contributed by atoms with Crippen molar-refractivity contribution in [1.82, 2.24) is 60.3 Å². The number of hydrogen-bond donors (Lipinski definition) is 21. The summed E-state index contributed by atoms with van der Waals surface area (Å²) in [7, 11) is -32.7. The van der Waals surface area contributed by atoms with Gasteiger partial charge in [-0.2, -0.15) is 8.62 Å². The Labute approximate surface area is 652 Å². The SMILES string of the molecule is CC(=O)SCCNC(=O)CCNC(=O)C(O)C(C)(C)COP(=O)(O)OP(=O)(O)OC[C@H]1O[C@@H](n2cnc3c(N)ncnc32)[C@H](O)[C@@H]1OP(=O)(O)O.CC(=O)SCCNC(=O)CCNC(=O)C(O)C(C)(C)COP(=O)(O)OP(=O)(O)OC[C@H]1O[C@@H](n2cnc3c(N)ncnc32)[C@H](O)[C@@H]1OP(=O)(O)O.CC(C)C(O)(CC(=O)O)C(=O)O. The largest absolute Gasteiger partial charge is 0.481 e. The highest BCUT2D eigenvalue weighted by Gasteiger charge is 2.53. The molecule has 0 aromatic carbocycles. The maximum Gasteiger partial charge on any atom is 0.481 e. The van der Waals surface area contributed by atoms with Crippen LogP contribution in [-0.2, 0) is 111 Å². The normalized spacial score (nSPS) is 21.9. The summed E-state index contributed by atoms with van der Waals surface area (Å²) in [5.74, 6) is -5.63. The van der Waals surface area contributed by atoms with E-state index in [-0.39, 0.29) is 83.2 Å². The average Bonchev–Trinajstić information content (AvgIpc) is 1.62. The van der Waals surface area contributed by atoms with Gasteiger partial charge in [0.25, 0.3) is 0 Å². The van der Waals surface area contributed by atoms with Gasteiger partial charge >= 0.3 is 58.9 Å². The lowest BCUT2D eigenvalue weighted by Crippen LogP contribution is -2.46. The number of aliphatic carboxylic acids is 2. The minimum atomic E-state index is -5.56. The maximum absolute atomic E-state index is 12.6. The van der Waals surface area contributed by atoms with Gasteiger partial charge in [-0.05, 0) is 5.92 Å². The van der Waals surface area contributed by atoms with Crippen molar-refractivity contribution in [2.45, 2.75) is 142 Å². The Kier molecular flexibility index (Phi) is 37.5. The quantitative estimate of drug-likeness (QED) is 0.0159. The zero-order valence-electron chi connectivity index (χ0n) is 61.1. The second-order valence-electron chi connectivity index (χ2n) is 25.8. The summed E-state index contributed by atoms with van der Waals surface area (Å²) in [6, 6.07) is 0. The topological polar surface area (TPSA) is 822 Å². The second kappa shape index (κ2) is 42.6. The first-order valence-electron chi connectivity index (χ1n) is 32.6. The number of aliphatic hydroxyl groups is 5. The number of carboxylic acid groups (broad SMARTS) is 2. The number of ether oxygens (including phenoxy) is 2. The summed E-state index contributed by atoms with van der Waals surface area (Å²) in [5.41, 5.74) is 6.36. The van der Waals surface area contributed by atoms with Gasteiger partial charge in [-0.15, -0.1) is 0 Å². The number of carbonyl (C=O) groups is 8. The Morgan fingerprint density at radius 2 is 0.895 bits per heavy atom. The number of hydrogen-bond acceptors (Lipinski definition) is 39. The van der Waals surface area contributed by atoms with E-state index >= 15 is 0 Å². The molecule has 4 aromatic rings. The van der Waals surface area contributed by atoms with Crippen LogP contribution in [0.1, 0.15) is 87.1 Å². The molecule has 4 amide bonds. The standard InChI is InChI=1S/2C23H38N7O17P3S.C7H12O5/c2*1-12(31)51-7-6-25-14(32)4-5-26-21(35)18(34)23(2,3)9-44-50(41,42)47-49(39,40)43-8-13-17(46-48(36,37)38)16(33)22(45-13)30-11-29-15-19(24)27-10-28-20(15)30;1-4(2)7(12,6(10)11)3-5(8)9/h2*10-11,13,16-18,22,33-34H,4-9H2,1-3H3,(H,25,32)(H,26,35)(H,39,40)(H,41,42)(H2,24,27,28)(H2,36,37,38);4,12H,3H2,1-2H3,(H,8,9)(H,10,11)/t2*13-,16-,17-,18?,22-;/m11./s1. The number of fused-ring (bicyclic) bond motifs is 2. The molecule has 0 bridgehead atoms. The molecule has 23 N–H and O–H groups in total. The summed E-state index contributed by atoms with van der Waals surface area (Å²) in [6.07, 6.45) is -14.5. The highest BCUT2D eigenvalue weighted by atomic mass is 32.2. The Balaban J connectivity index is 0.000000419. The molecule has 0 spiro atoms. The second-order valence-corrected chi connectivity index (χ2v) is 36.8. The molecule has 4 aromatic heterocycles. The monoisotopic (exact) mass is 1790 g/mol. The molecule has 0 saturated carbocycles. The Bertz CT molecular complexity index is 4080. The van der Waals surface area contributed by atoms with Crippen molar-refractivity contribution in [3.63, 3.8) is 0 Å².